The zero-order chi connectivity index (χ0) is 15.1. The highest BCUT2D eigenvalue weighted by Gasteiger charge is 2.74. The minimum Gasteiger partial charge on any atom is -0.478 e. The molecule has 1 N–H and O–H groups in total. The van der Waals surface area contributed by atoms with Gasteiger partial charge >= 0.3 is 24.0 Å². The van der Waals surface area contributed by atoms with Crippen LogP contribution >= 0.6 is 0 Å². The first-order valence-electron chi connectivity index (χ1n) is 4.43. The molecule has 0 saturated carbocycles. The molecule has 0 fully saturated rings. The Morgan fingerprint density at radius 2 is 1.63 bits per heavy atom. The van der Waals surface area contributed by atoms with Crippen LogP contribution in [-0.2, 0) is 5.92 Å². The van der Waals surface area contributed by atoms with Crippen LogP contribution in [0.2, 0.25) is 0 Å². The van der Waals surface area contributed by atoms with Gasteiger partial charge in [0.15, 0.2) is 0 Å². The van der Waals surface area contributed by atoms with Crippen LogP contribution in [0.25, 0.3) is 0 Å². The SMILES string of the molecule is O=C(O)c1ccnc(C(F)(F)C(F)(F)C(F)(F)F)c1. The van der Waals surface area contributed by atoms with Gasteiger partial charge in [0.1, 0.15) is 5.69 Å². The second-order valence-electron chi connectivity index (χ2n) is 3.38. The normalized spacial score (nSPS) is 13.4. The first kappa shape index (κ1) is 15.2. The molecule has 0 aliphatic rings. The van der Waals surface area contributed by atoms with Crippen molar-refractivity contribution < 1.29 is 40.6 Å². The number of hydrogen-bond acceptors (Lipinski definition) is 2. The lowest BCUT2D eigenvalue weighted by molar-refractivity contribution is -0.360. The first-order chi connectivity index (χ1) is 8.41. The van der Waals surface area contributed by atoms with Crippen molar-refractivity contribution >= 4 is 5.97 Å². The van der Waals surface area contributed by atoms with E-state index in [1.165, 1.54) is 0 Å². The number of carboxylic acids is 1. The smallest absolute Gasteiger partial charge is 0.460 e. The molecule has 0 aliphatic carbocycles. The topological polar surface area (TPSA) is 50.2 Å². The Bertz CT molecular complexity index is 498. The van der Waals surface area contributed by atoms with Crippen LogP contribution in [0.1, 0.15) is 16.1 Å². The number of hydrogen-bond donors (Lipinski definition) is 1. The van der Waals surface area contributed by atoms with E-state index in [0.717, 1.165) is 0 Å². The third-order valence-electron chi connectivity index (χ3n) is 2.08. The fourth-order valence-corrected chi connectivity index (χ4v) is 1.07. The van der Waals surface area contributed by atoms with Gasteiger partial charge in [0.2, 0.25) is 0 Å². The largest absolute Gasteiger partial charge is 0.478 e. The average molecular weight is 291 g/mol. The Balaban J connectivity index is 3.35. The van der Waals surface area contributed by atoms with Crippen molar-refractivity contribution in [3.63, 3.8) is 0 Å². The van der Waals surface area contributed by atoms with Crippen LogP contribution in [0.5, 0.6) is 0 Å². The second-order valence-corrected chi connectivity index (χ2v) is 3.38. The number of rotatable bonds is 3. The van der Waals surface area contributed by atoms with Crippen LogP contribution in [0.4, 0.5) is 30.7 Å². The van der Waals surface area contributed by atoms with Crippen molar-refractivity contribution in [2.24, 2.45) is 0 Å². The minimum atomic E-state index is -6.50. The van der Waals surface area contributed by atoms with Gasteiger partial charge in [-0.15, -0.1) is 0 Å². The maximum atomic E-state index is 13.1. The van der Waals surface area contributed by atoms with Gasteiger partial charge in [-0.1, -0.05) is 0 Å². The van der Waals surface area contributed by atoms with Crippen LogP contribution in [0.3, 0.4) is 0 Å². The number of nitrogens with zero attached hydrogens (tertiary/aromatic N) is 1. The average Bonchev–Trinajstić information content (AvgIpc) is 2.27. The molecule has 0 aliphatic heterocycles. The summed E-state index contributed by atoms with van der Waals surface area (Å²) in [5.74, 6) is -13.8. The van der Waals surface area contributed by atoms with Gasteiger partial charge in [-0.25, -0.2) is 4.79 Å². The molecule has 0 radical (unpaired) electrons. The summed E-state index contributed by atoms with van der Waals surface area (Å²) < 4.78 is 87.3. The monoisotopic (exact) mass is 291 g/mol. The minimum absolute atomic E-state index is 0.0397. The Kier molecular flexibility index (Phi) is 3.48. The van der Waals surface area contributed by atoms with Crippen LogP contribution in [0.15, 0.2) is 18.3 Å². The molecular weight excluding hydrogens is 287 g/mol. The summed E-state index contributed by atoms with van der Waals surface area (Å²) in [4.78, 5) is 13.1. The predicted molar refractivity (Wildman–Crippen MR) is 46.1 cm³/mol. The first-order valence-corrected chi connectivity index (χ1v) is 4.43. The summed E-state index contributed by atoms with van der Waals surface area (Å²) >= 11 is 0. The van der Waals surface area contributed by atoms with Gasteiger partial charge in [-0.05, 0) is 12.1 Å². The number of carbonyl (C=O) groups is 1. The molecule has 0 unspecified atom stereocenters. The zero-order valence-electron chi connectivity index (χ0n) is 8.68. The summed E-state index contributed by atoms with van der Waals surface area (Å²) in [7, 11) is 0. The molecule has 1 rings (SSSR count). The standard InChI is InChI=1S/C9H4F7NO2/c10-7(11,8(12,13)9(14,15)16)5-3-4(6(18)19)1-2-17-5/h1-3H,(H,18,19). The summed E-state index contributed by atoms with van der Waals surface area (Å²) in [6.45, 7) is 0. The lowest BCUT2D eigenvalue weighted by Gasteiger charge is -2.27. The maximum absolute atomic E-state index is 13.1. The van der Waals surface area contributed by atoms with E-state index >= 15 is 0 Å². The quantitative estimate of drug-likeness (QED) is 0.871. The van der Waals surface area contributed by atoms with Gasteiger partial charge in [-0.2, -0.15) is 30.7 Å². The van der Waals surface area contributed by atoms with E-state index < -0.39 is 35.2 Å². The van der Waals surface area contributed by atoms with Crippen molar-refractivity contribution in [3.05, 3.63) is 29.6 Å². The van der Waals surface area contributed by atoms with Crippen molar-refractivity contribution in [1.29, 1.82) is 0 Å². The molecule has 0 bridgehead atoms. The summed E-state index contributed by atoms with van der Waals surface area (Å²) in [5, 5.41) is 8.46. The van der Waals surface area contributed by atoms with Gasteiger partial charge in [0.25, 0.3) is 0 Å². The molecule has 106 valence electrons. The van der Waals surface area contributed by atoms with Gasteiger partial charge in [0, 0.05) is 6.20 Å². The van der Waals surface area contributed by atoms with Crippen molar-refractivity contribution in [2.75, 3.05) is 0 Å². The Morgan fingerprint density at radius 3 is 2.05 bits per heavy atom. The van der Waals surface area contributed by atoms with E-state index in [-0.39, 0.29) is 6.07 Å². The molecule has 0 spiro atoms. The van der Waals surface area contributed by atoms with Gasteiger partial charge in [0.05, 0.1) is 5.56 Å². The molecule has 0 aromatic carbocycles. The number of aromatic carboxylic acids is 1. The van der Waals surface area contributed by atoms with E-state index in [9.17, 15) is 35.5 Å². The van der Waals surface area contributed by atoms with Gasteiger partial charge < -0.3 is 5.11 Å². The van der Waals surface area contributed by atoms with Crippen molar-refractivity contribution in [1.82, 2.24) is 4.98 Å². The highest BCUT2D eigenvalue weighted by Crippen LogP contribution is 2.51. The number of aromatic nitrogens is 1. The molecule has 0 amide bonds. The van der Waals surface area contributed by atoms with Crippen LogP contribution in [0, 0.1) is 0 Å². The van der Waals surface area contributed by atoms with Crippen LogP contribution in [-0.4, -0.2) is 28.2 Å². The molecule has 0 atom stereocenters. The Morgan fingerprint density at radius 1 is 1.11 bits per heavy atom. The number of pyridine rings is 1. The fourth-order valence-electron chi connectivity index (χ4n) is 1.07. The molecule has 10 heteroatoms. The predicted octanol–water partition coefficient (Wildman–Crippen LogP) is 3.07. The summed E-state index contributed by atoms with van der Waals surface area (Å²) in [6, 6.07) is 0.635. The zero-order valence-corrected chi connectivity index (χ0v) is 8.68. The number of alkyl halides is 7. The highest BCUT2D eigenvalue weighted by atomic mass is 19.4. The van der Waals surface area contributed by atoms with E-state index in [0.29, 0.717) is 12.3 Å². The van der Waals surface area contributed by atoms with Gasteiger partial charge in [-0.3, -0.25) is 4.98 Å². The molecule has 3 nitrogen and oxygen atoms in total. The summed E-state index contributed by atoms with van der Waals surface area (Å²) in [6.07, 6.45) is -6.10. The van der Waals surface area contributed by atoms with Crippen LogP contribution < -0.4 is 0 Å². The lowest BCUT2D eigenvalue weighted by atomic mass is 10.1. The highest BCUT2D eigenvalue weighted by molar-refractivity contribution is 5.87. The second kappa shape index (κ2) is 4.35. The molecule has 19 heavy (non-hydrogen) atoms. The lowest BCUT2D eigenvalue weighted by Crippen LogP contribution is -2.50. The molecular formula is C9H4F7NO2. The fraction of sp³-hybridized carbons (Fsp3) is 0.333. The van der Waals surface area contributed by atoms with E-state index in [2.05, 4.69) is 4.98 Å². The third-order valence-corrected chi connectivity index (χ3v) is 2.08. The number of halogens is 7. The van der Waals surface area contributed by atoms with E-state index in [1.807, 2.05) is 0 Å². The van der Waals surface area contributed by atoms with Crippen molar-refractivity contribution in [2.45, 2.75) is 18.0 Å². The molecule has 1 aromatic rings. The van der Waals surface area contributed by atoms with E-state index in [4.69, 9.17) is 5.11 Å². The third kappa shape index (κ3) is 2.47. The molecule has 0 saturated heterocycles. The maximum Gasteiger partial charge on any atom is 0.460 e. The Hall–Kier alpha value is -1.87. The van der Waals surface area contributed by atoms with E-state index in [1.54, 1.807) is 0 Å². The molecule has 1 aromatic heterocycles. The molecule has 1 heterocycles. The summed E-state index contributed by atoms with van der Waals surface area (Å²) in [5.41, 5.74) is -2.86. The van der Waals surface area contributed by atoms with Crippen molar-refractivity contribution in [3.8, 4) is 0 Å². The Labute approximate surface area is 100 Å². The number of carboxylic acid groups (broad SMARTS) is 1.